The average molecular weight is 336 g/mol. The molecule has 0 radical (unpaired) electrons. The zero-order chi connectivity index (χ0) is 16.9. The highest BCUT2D eigenvalue weighted by atomic mass is 32.2. The van der Waals surface area contributed by atoms with Crippen LogP contribution in [0.1, 0.15) is 37.2 Å². The molecule has 0 saturated heterocycles. The first-order valence-corrected chi connectivity index (χ1v) is 9.15. The van der Waals surface area contributed by atoms with Crippen LogP contribution in [0.5, 0.6) is 0 Å². The number of imidazole rings is 1. The van der Waals surface area contributed by atoms with E-state index < -0.39 is 16.3 Å². The summed E-state index contributed by atoms with van der Waals surface area (Å²) in [6.07, 6.45) is 5.25. The Morgan fingerprint density at radius 2 is 2.00 bits per heavy atom. The van der Waals surface area contributed by atoms with Crippen molar-refractivity contribution in [2.75, 3.05) is 13.6 Å². The first-order valence-electron chi connectivity index (χ1n) is 7.71. The number of rotatable bonds is 8. The Kier molecular flexibility index (Phi) is 5.92. The van der Waals surface area contributed by atoms with Gasteiger partial charge in [0.2, 0.25) is 0 Å². The smallest absolute Gasteiger partial charge is 0.280 e. The molecule has 23 heavy (non-hydrogen) atoms. The number of nitrogens with one attached hydrogen (secondary N) is 1. The van der Waals surface area contributed by atoms with Crippen LogP contribution in [0.25, 0.3) is 0 Å². The predicted octanol–water partition coefficient (Wildman–Crippen LogP) is 2.08. The fourth-order valence-electron chi connectivity index (χ4n) is 2.31. The Bertz CT molecular complexity index is 713. The van der Waals surface area contributed by atoms with Crippen LogP contribution in [0.2, 0.25) is 0 Å². The van der Waals surface area contributed by atoms with Crippen LogP contribution in [0.4, 0.5) is 0 Å². The van der Waals surface area contributed by atoms with Crippen LogP contribution in [0.3, 0.4) is 0 Å². The molecule has 0 aliphatic heterocycles. The molecule has 1 aromatic heterocycles. The van der Waals surface area contributed by atoms with Gasteiger partial charge >= 0.3 is 0 Å². The number of aryl methyl sites for hydroxylation is 1. The summed E-state index contributed by atoms with van der Waals surface area (Å²) in [7, 11) is -0.142. The lowest BCUT2D eigenvalue weighted by molar-refractivity contribution is 0.442. The van der Waals surface area contributed by atoms with Gasteiger partial charge < -0.3 is 4.57 Å². The lowest BCUT2D eigenvalue weighted by atomic mass is 10.1. The molecule has 0 fully saturated rings. The van der Waals surface area contributed by atoms with Crippen molar-refractivity contribution in [3.63, 3.8) is 0 Å². The summed E-state index contributed by atoms with van der Waals surface area (Å²) < 4.78 is 31.2. The number of hydrogen-bond donors (Lipinski definition) is 1. The largest absolute Gasteiger partial charge is 0.336 e. The van der Waals surface area contributed by atoms with Crippen LogP contribution in [0, 0.1) is 0 Å². The molecular weight excluding hydrogens is 312 g/mol. The van der Waals surface area contributed by atoms with Gasteiger partial charge in [-0.2, -0.15) is 17.4 Å². The van der Waals surface area contributed by atoms with Crippen molar-refractivity contribution in [2.24, 2.45) is 7.05 Å². The van der Waals surface area contributed by atoms with Crippen LogP contribution in [-0.4, -0.2) is 35.9 Å². The van der Waals surface area contributed by atoms with Gasteiger partial charge in [-0.25, -0.2) is 4.98 Å². The number of unbranched alkanes of at least 4 members (excludes halogenated alkanes) is 1. The van der Waals surface area contributed by atoms with Crippen LogP contribution >= 0.6 is 0 Å². The summed E-state index contributed by atoms with van der Waals surface area (Å²) in [4.78, 5) is 4.32. The molecule has 0 unspecified atom stereocenters. The van der Waals surface area contributed by atoms with E-state index in [-0.39, 0.29) is 0 Å². The Hall–Kier alpha value is -1.70. The SMILES string of the molecule is CCCCN(C)S(=O)(=O)N[C@H](c1ccccc1)c1nccn1C. The number of nitrogens with zero attached hydrogens (tertiary/aromatic N) is 3. The molecule has 0 spiro atoms. The molecule has 6 nitrogen and oxygen atoms in total. The predicted molar refractivity (Wildman–Crippen MR) is 91.1 cm³/mol. The molecule has 1 atom stereocenters. The van der Waals surface area contributed by atoms with Crippen LogP contribution in [0.15, 0.2) is 42.7 Å². The van der Waals surface area contributed by atoms with Crippen molar-refractivity contribution in [3.05, 3.63) is 54.1 Å². The van der Waals surface area contributed by atoms with Gasteiger partial charge in [0.05, 0.1) is 0 Å². The molecule has 0 bridgehead atoms. The zero-order valence-electron chi connectivity index (χ0n) is 13.8. The minimum atomic E-state index is -3.59. The van der Waals surface area contributed by atoms with Gasteiger partial charge in [0.15, 0.2) is 0 Å². The van der Waals surface area contributed by atoms with Gasteiger partial charge in [-0.3, -0.25) is 0 Å². The standard InChI is InChI=1S/C16H24N4O2S/c1-4-5-12-20(3)23(21,22)18-15(14-9-7-6-8-10-14)16-17-11-13-19(16)2/h6-11,13,15,18H,4-5,12H2,1-3H3/t15-/m1/s1. The Labute approximate surface area is 138 Å². The molecule has 2 rings (SSSR count). The van der Waals surface area contributed by atoms with Crippen molar-refractivity contribution in [1.82, 2.24) is 18.6 Å². The normalized spacial score (nSPS) is 13.4. The molecular formula is C16H24N4O2S. The lowest BCUT2D eigenvalue weighted by Gasteiger charge is -2.23. The van der Waals surface area contributed by atoms with Gasteiger partial charge in [-0.15, -0.1) is 0 Å². The van der Waals surface area contributed by atoms with E-state index in [1.54, 1.807) is 19.4 Å². The Morgan fingerprint density at radius 3 is 2.57 bits per heavy atom. The summed E-state index contributed by atoms with van der Waals surface area (Å²) in [5.41, 5.74) is 0.856. The summed E-state index contributed by atoms with van der Waals surface area (Å²) in [5.74, 6) is 0.656. The summed E-state index contributed by atoms with van der Waals surface area (Å²) in [6.45, 7) is 2.53. The second kappa shape index (κ2) is 7.72. The molecule has 1 heterocycles. The van der Waals surface area contributed by atoms with Crippen molar-refractivity contribution < 1.29 is 8.42 Å². The molecule has 2 aromatic rings. The number of benzene rings is 1. The third-order valence-electron chi connectivity index (χ3n) is 3.75. The Balaban J connectivity index is 2.31. The summed E-state index contributed by atoms with van der Waals surface area (Å²) in [6, 6.07) is 8.95. The fraction of sp³-hybridized carbons (Fsp3) is 0.438. The van der Waals surface area contributed by atoms with Gasteiger partial charge in [0.25, 0.3) is 10.2 Å². The first-order chi connectivity index (χ1) is 11.0. The molecule has 0 saturated carbocycles. The van der Waals surface area contributed by atoms with E-state index in [1.807, 2.05) is 48.9 Å². The van der Waals surface area contributed by atoms with E-state index in [2.05, 4.69) is 9.71 Å². The quantitative estimate of drug-likeness (QED) is 0.802. The van der Waals surface area contributed by atoms with Crippen molar-refractivity contribution in [1.29, 1.82) is 0 Å². The second-order valence-corrected chi connectivity index (χ2v) is 7.35. The maximum Gasteiger partial charge on any atom is 0.280 e. The molecule has 0 aliphatic carbocycles. The first kappa shape index (κ1) is 17.7. The monoisotopic (exact) mass is 336 g/mol. The second-order valence-electron chi connectivity index (χ2n) is 5.54. The minimum Gasteiger partial charge on any atom is -0.336 e. The highest BCUT2D eigenvalue weighted by Gasteiger charge is 2.26. The summed E-state index contributed by atoms with van der Waals surface area (Å²) >= 11 is 0. The van der Waals surface area contributed by atoms with E-state index in [9.17, 15) is 8.42 Å². The lowest BCUT2D eigenvalue weighted by Crippen LogP contribution is -2.41. The van der Waals surface area contributed by atoms with Crippen molar-refractivity contribution >= 4 is 10.2 Å². The van der Waals surface area contributed by atoms with Crippen molar-refractivity contribution in [2.45, 2.75) is 25.8 Å². The van der Waals surface area contributed by atoms with E-state index in [0.717, 1.165) is 18.4 Å². The molecule has 126 valence electrons. The Morgan fingerprint density at radius 1 is 1.30 bits per heavy atom. The van der Waals surface area contributed by atoms with Gasteiger partial charge in [0, 0.05) is 33.0 Å². The number of hydrogen-bond acceptors (Lipinski definition) is 3. The minimum absolute atomic E-state index is 0.494. The molecule has 0 amide bonds. The maximum absolute atomic E-state index is 12.6. The number of aromatic nitrogens is 2. The van der Waals surface area contributed by atoms with Crippen LogP contribution < -0.4 is 4.72 Å². The molecule has 1 aromatic carbocycles. The molecule has 1 N–H and O–H groups in total. The van der Waals surface area contributed by atoms with E-state index in [0.29, 0.717) is 12.4 Å². The highest BCUT2D eigenvalue weighted by molar-refractivity contribution is 7.87. The van der Waals surface area contributed by atoms with Crippen LogP contribution in [-0.2, 0) is 17.3 Å². The fourth-order valence-corrected chi connectivity index (χ4v) is 3.40. The zero-order valence-corrected chi connectivity index (χ0v) is 14.6. The van der Waals surface area contributed by atoms with E-state index in [1.165, 1.54) is 4.31 Å². The molecule has 0 aliphatic rings. The third-order valence-corrected chi connectivity index (χ3v) is 5.29. The average Bonchev–Trinajstić information content (AvgIpc) is 2.97. The van der Waals surface area contributed by atoms with Crippen molar-refractivity contribution in [3.8, 4) is 0 Å². The van der Waals surface area contributed by atoms with E-state index in [4.69, 9.17) is 0 Å². The molecule has 7 heteroatoms. The van der Waals surface area contributed by atoms with Gasteiger partial charge in [0.1, 0.15) is 11.9 Å². The van der Waals surface area contributed by atoms with Gasteiger partial charge in [-0.1, -0.05) is 43.7 Å². The highest BCUT2D eigenvalue weighted by Crippen LogP contribution is 2.21. The maximum atomic E-state index is 12.6. The van der Waals surface area contributed by atoms with Gasteiger partial charge in [-0.05, 0) is 12.0 Å². The summed E-state index contributed by atoms with van der Waals surface area (Å²) in [5, 5.41) is 0. The third kappa shape index (κ3) is 4.40. The topological polar surface area (TPSA) is 67.2 Å². The van der Waals surface area contributed by atoms with E-state index >= 15 is 0 Å².